The molecule has 4 N–H and O–H groups in total. The van der Waals surface area contributed by atoms with Crippen molar-refractivity contribution in [3.63, 3.8) is 0 Å². The molecule has 0 aromatic heterocycles. The Morgan fingerprint density at radius 1 is 1.07 bits per heavy atom. The molecular weight excluding hydrogens is 459 g/mol. The van der Waals surface area contributed by atoms with Gasteiger partial charge in [-0.15, -0.1) is 24.0 Å². The summed E-state index contributed by atoms with van der Waals surface area (Å²) in [5.41, 5.74) is 8.44. The molecule has 0 unspecified atom stereocenters. The first kappa shape index (κ1) is 20.8. The zero-order valence-corrected chi connectivity index (χ0v) is 17.4. The van der Waals surface area contributed by atoms with Crippen LogP contribution in [0.25, 0.3) is 0 Å². The van der Waals surface area contributed by atoms with Crippen LogP contribution in [0.15, 0.2) is 47.5 Å². The minimum atomic E-state index is -0.110. The number of hydrogen-bond donors (Lipinski definition) is 3. The quantitative estimate of drug-likeness (QED) is 0.353. The van der Waals surface area contributed by atoms with Gasteiger partial charge in [-0.1, -0.05) is 12.1 Å². The molecule has 1 aliphatic heterocycles. The molecule has 0 aliphatic carbocycles. The number of carbonyl (C=O) groups excluding carboxylic acids is 1. The summed E-state index contributed by atoms with van der Waals surface area (Å²) >= 11 is 0. The fourth-order valence-corrected chi connectivity index (χ4v) is 2.56. The highest BCUT2D eigenvalue weighted by molar-refractivity contribution is 14.0. The maximum atomic E-state index is 11.1. The number of nitrogens with one attached hydrogen (secondary N) is 2. The lowest BCUT2D eigenvalue weighted by Gasteiger charge is -2.11. The van der Waals surface area contributed by atoms with Crippen molar-refractivity contribution in [2.75, 3.05) is 23.8 Å². The average Bonchev–Trinajstić information content (AvgIpc) is 2.85. The Balaban J connectivity index is 0.00000261. The van der Waals surface area contributed by atoms with Gasteiger partial charge in [-0.3, -0.25) is 4.79 Å². The van der Waals surface area contributed by atoms with E-state index in [2.05, 4.69) is 15.6 Å². The van der Waals surface area contributed by atoms with Crippen LogP contribution in [0.3, 0.4) is 0 Å². The van der Waals surface area contributed by atoms with Gasteiger partial charge in [-0.05, 0) is 29.8 Å². The van der Waals surface area contributed by atoms with Gasteiger partial charge in [0.05, 0.1) is 19.8 Å². The largest absolute Gasteiger partial charge is 0.490 e. The molecule has 3 rings (SSSR count). The Morgan fingerprint density at radius 2 is 1.81 bits per heavy atom. The fraction of sp³-hybridized carbons (Fsp3) is 0.263. The summed E-state index contributed by atoms with van der Waals surface area (Å²) in [6, 6.07) is 13.1. The molecule has 0 radical (unpaired) electrons. The summed E-state index contributed by atoms with van der Waals surface area (Å²) in [7, 11) is 0. The Kier molecular flexibility index (Phi) is 7.71. The number of hydrogen-bond acceptors (Lipinski definition) is 4. The van der Waals surface area contributed by atoms with E-state index in [4.69, 9.17) is 15.2 Å². The van der Waals surface area contributed by atoms with E-state index in [1.54, 1.807) is 0 Å². The van der Waals surface area contributed by atoms with Crippen molar-refractivity contribution in [1.29, 1.82) is 0 Å². The Morgan fingerprint density at radius 3 is 2.59 bits per heavy atom. The normalized spacial score (nSPS) is 13.1. The van der Waals surface area contributed by atoms with Crippen LogP contribution in [0, 0.1) is 0 Å². The highest BCUT2D eigenvalue weighted by atomic mass is 127. The Bertz CT molecular complexity index is 826. The first-order valence-corrected chi connectivity index (χ1v) is 8.43. The topological polar surface area (TPSA) is 98.0 Å². The number of carbonyl (C=O) groups is 1. The molecule has 0 fully saturated rings. The highest BCUT2D eigenvalue weighted by Crippen LogP contribution is 2.32. The maximum Gasteiger partial charge on any atom is 0.221 e. The van der Waals surface area contributed by atoms with E-state index in [1.807, 2.05) is 42.5 Å². The Hall–Kier alpha value is -2.49. The highest BCUT2D eigenvalue weighted by Gasteiger charge is 2.10. The van der Waals surface area contributed by atoms with Gasteiger partial charge in [0, 0.05) is 30.8 Å². The molecule has 1 amide bonds. The number of halogens is 1. The fourth-order valence-electron chi connectivity index (χ4n) is 2.56. The molecule has 0 saturated carbocycles. The first-order valence-electron chi connectivity index (χ1n) is 8.43. The molecule has 1 aliphatic rings. The number of amides is 1. The van der Waals surface area contributed by atoms with Gasteiger partial charge < -0.3 is 25.8 Å². The zero-order chi connectivity index (χ0) is 18.4. The van der Waals surface area contributed by atoms with Crippen molar-refractivity contribution in [1.82, 2.24) is 0 Å². The van der Waals surface area contributed by atoms with Gasteiger partial charge in [0.2, 0.25) is 5.91 Å². The molecular formula is C19H23IN4O3. The maximum absolute atomic E-state index is 11.1. The van der Waals surface area contributed by atoms with E-state index in [9.17, 15) is 4.79 Å². The lowest BCUT2D eigenvalue weighted by molar-refractivity contribution is -0.114. The standard InChI is InChI=1S/C19H22N4O3.HI/c1-13(24)22-15-5-2-4-14(10-15)12-21-19(20)23-16-6-7-17-18(11-16)26-9-3-8-25-17;/h2,4-7,10-11H,3,8-9,12H2,1H3,(H,22,24)(H3,20,21,23);1H. The minimum absolute atomic E-state index is 0. The average molecular weight is 482 g/mol. The van der Waals surface area contributed by atoms with Crippen molar-refractivity contribution in [3.05, 3.63) is 48.0 Å². The van der Waals surface area contributed by atoms with Crippen molar-refractivity contribution in [3.8, 4) is 11.5 Å². The second-order valence-corrected chi connectivity index (χ2v) is 5.92. The lowest BCUT2D eigenvalue weighted by atomic mass is 10.2. The van der Waals surface area contributed by atoms with Crippen LogP contribution in [0.5, 0.6) is 11.5 Å². The van der Waals surface area contributed by atoms with Crippen LogP contribution in [-0.4, -0.2) is 25.1 Å². The number of aliphatic imine (C=N–C) groups is 1. The molecule has 0 bridgehead atoms. The second kappa shape index (κ2) is 10.0. The van der Waals surface area contributed by atoms with Gasteiger partial charge in [-0.25, -0.2) is 4.99 Å². The number of rotatable bonds is 4. The van der Waals surface area contributed by atoms with E-state index in [0.29, 0.717) is 31.5 Å². The monoisotopic (exact) mass is 482 g/mol. The number of anilines is 2. The van der Waals surface area contributed by atoms with Crippen LogP contribution in [0.1, 0.15) is 18.9 Å². The third-order valence-corrected chi connectivity index (χ3v) is 3.70. The molecule has 8 heteroatoms. The molecule has 1 heterocycles. The van der Waals surface area contributed by atoms with E-state index < -0.39 is 0 Å². The third-order valence-electron chi connectivity index (χ3n) is 3.70. The predicted molar refractivity (Wildman–Crippen MR) is 117 cm³/mol. The smallest absolute Gasteiger partial charge is 0.221 e. The van der Waals surface area contributed by atoms with Crippen LogP contribution in [0.4, 0.5) is 11.4 Å². The van der Waals surface area contributed by atoms with Gasteiger partial charge >= 0.3 is 0 Å². The molecule has 2 aromatic carbocycles. The summed E-state index contributed by atoms with van der Waals surface area (Å²) in [6.45, 7) is 3.16. The summed E-state index contributed by atoms with van der Waals surface area (Å²) in [5.74, 6) is 1.62. The molecule has 0 saturated heterocycles. The lowest BCUT2D eigenvalue weighted by Crippen LogP contribution is -2.22. The SMILES string of the molecule is CC(=O)Nc1cccc(CN=C(N)Nc2ccc3c(c2)OCCCO3)c1.I. The van der Waals surface area contributed by atoms with E-state index in [-0.39, 0.29) is 29.9 Å². The zero-order valence-electron chi connectivity index (χ0n) is 15.0. The number of guanidine groups is 1. The number of fused-ring (bicyclic) bond motifs is 1. The summed E-state index contributed by atoms with van der Waals surface area (Å²) in [4.78, 5) is 15.5. The van der Waals surface area contributed by atoms with Crippen LogP contribution in [0.2, 0.25) is 0 Å². The summed E-state index contributed by atoms with van der Waals surface area (Å²) in [6.07, 6.45) is 0.860. The minimum Gasteiger partial charge on any atom is -0.490 e. The third kappa shape index (κ3) is 6.31. The van der Waals surface area contributed by atoms with E-state index >= 15 is 0 Å². The van der Waals surface area contributed by atoms with Gasteiger partial charge in [-0.2, -0.15) is 0 Å². The number of ether oxygens (including phenoxy) is 2. The van der Waals surface area contributed by atoms with Crippen molar-refractivity contribution < 1.29 is 14.3 Å². The van der Waals surface area contributed by atoms with Crippen LogP contribution >= 0.6 is 24.0 Å². The van der Waals surface area contributed by atoms with Gasteiger partial charge in [0.25, 0.3) is 0 Å². The number of benzene rings is 2. The van der Waals surface area contributed by atoms with Gasteiger partial charge in [0.15, 0.2) is 17.5 Å². The van der Waals surface area contributed by atoms with Crippen LogP contribution in [-0.2, 0) is 11.3 Å². The number of nitrogens with two attached hydrogens (primary N) is 1. The van der Waals surface area contributed by atoms with E-state index in [1.165, 1.54) is 6.92 Å². The second-order valence-electron chi connectivity index (χ2n) is 5.92. The van der Waals surface area contributed by atoms with E-state index in [0.717, 1.165) is 29.1 Å². The molecule has 0 spiro atoms. The summed E-state index contributed by atoms with van der Waals surface area (Å²) < 4.78 is 11.3. The first-order chi connectivity index (χ1) is 12.6. The molecule has 0 atom stereocenters. The predicted octanol–water partition coefficient (Wildman–Crippen LogP) is 3.35. The van der Waals surface area contributed by atoms with Crippen molar-refractivity contribution in [2.24, 2.45) is 10.7 Å². The van der Waals surface area contributed by atoms with Crippen molar-refractivity contribution >= 4 is 47.2 Å². The number of nitrogens with zero attached hydrogens (tertiary/aromatic N) is 1. The summed E-state index contributed by atoms with van der Waals surface area (Å²) in [5, 5.41) is 5.80. The molecule has 27 heavy (non-hydrogen) atoms. The molecule has 2 aromatic rings. The Labute approximate surface area is 175 Å². The molecule has 7 nitrogen and oxygen atoms in total. The van der Waals surface area contributed by atoms with Gasteiger partial charge in [0.1, 0.15) is 0 Å². The van der Waals surface area contributed by atoms with Crippen molar-refractivity contribution in [2.45, 2.75) is 19.9 Å². The molecule has 144 valence electrons. The van der Waals surface area contributed by atoms with Crippen LogP contribution < -0.4 is 25.8 Å².